The van der Waals surface area contributed by atoms with Crippen molar-refractivity contribution in [3.05, 3.63) is 47.2 Å². The van der Waals surface area contributed by atoms with Crippen LogP contribution < -0.4 is 10.2 Å². The molecule has 1 aliphatic heterocycles. The largest absolute Gasteiger partial charge is 0.362 e. The minimum absolute atomic E-state index is 0.253. The van der Waals surface area contributed by atoms with Gasteiger partial charge in [-0.2, -0.15) is 0 Å². The highest BCUT2D eigenvalue weighted by molar-refractivity contribution is 5.89. The molecule has 1 aromatic heterocycles. The van der Waals surface area contributed by atoms with E-state index in [0.29, 0.717) is 25.2 Å². The topological polar surface area (TPSA) is 61.4 Å². The molecule has 2 aromatic rings. The van der Waals surface area contributed by atoms with Crippen LogP contribution in [0, 0.1) is 12.7 Å². The van der Waals surface area contributed by atoms with E-state index in [-0.39, 0.29) is 11.8 Å². The first-order valence-corrected chi connectivity index (χ1v) is 7.79. The Hall–Kier alpha value is -2.70. The molecule has 1 aliphatic rings. The van der Waals surface area contributed by atoms with Gasteiger partial charge < -0.3 is 15.1 Å². The molecule has 1 N–H and O–H groups in total. The van der Waals surface area contributed by atoms with Crippen molar-refractivity contribution in [1.29, 1.82) is 0 Å². The number of nitrogens with zero attached hydrogens (tertiary/aromatic N) is 4. The smallest absolute Gasteiger partial charge is 0.322 e. The summed E-state index contributed by atoms with van der Waals surface area (Å²) < 4.78 is 13.2. The number of aromatic nitrogens is 2. The molecule has 24 heavy (non-hydrogen) atoms. The van der Waals surface area contributed by atoms with Crippen LogP contribution in [-0.2, 0) is 13.0 Å². The summed E-state index contributed by atoms with van der Waals surface area (Å²) in [4.78, 5) is 25.1. The molecule has 0 radical (unpaired) electrons. The van der Waals surface area contributed by atoms with Gasteiger partial charge in [0.2, 0.25) is 0 Å². The standard InChI is InChI=1S/C17H20FN5O/c1-11-19-15-7-8-23(10-14(15)16(20-11)22(2)3)17(24)21-13-6-4-5-12(18)9-13/h4-6,9H,7-8,10H2,1-3H3,(H,21,24). The van der Waals surface area contributed by atoms with Crippen LogP contribution in [0.15, 0.2) is 24.3 Å². The number of anilines is 2. The molecule has 3 rings (SSSR count). The van der Waals surface area contributed by atoms with E-state index in [1.54, 1.807) is 17.0 Å². The van der Waals surface area contributed by atoms with Gasteiger partial charge in [-0.1, -0.05) is 6.07 Å². The van der Waals surface area contributed by atoms with Gasteiger partial charge in [-0.05, 0) is 25.1 Å². The summed E-state index contributed by atoms with van der Waals surface area (Å²) in [6, 6.07) is 5.62. The Morgan fingerprint density at radius 1 is 1.33 bits per heavy atom. The molecule has 2 amide bonds. The van der Waals surface area contributed by atoms with Crippen LogP contribution in [0.1, 0.15) is 17.1 Å². The number of hydrogen-bond acceptors (Lipinski definition) is 4. The third kappa shape index (κ3) is 3.29. The lowest BCUT2D eigenvalue weighted by Crippen LogP contribution is -2.40. The number of carbonyl (C=O) groups excluding carboxylic acids is 1. The third-order valence-corrected chi connectivity index (χ3v) is 3.94. The molecule has 0 aliphatic carbocycles. The summed E-state index contributed by atoms with van der Waals surface area (Å²) in [6.45, 7) is 2.87. The van der Waals surface area contributed by atoms with Crippen LogP contribution in [-0.4, -0.2) is 41.5 Å². The maximum absolute atomic E-state index is 13.2. The molecule has 0 saturated carbocycles. The van der Waals surface area contributed by atoms with E-state index in [2.05, 4.69) is 15.3 Å². The first-order chi connectivity index (χ1) is 11.4. The zero-order valence-corrected chi connectivity index (χ0v) is 14.0. The second-order valence-corrected chi connectivity index (χ2v) is 6.03. The first kappa shape index (κ1) is 16.2. The molecule has 6 nitrogen and oxygen atoms in total. The summed E-state index contributed by atoms with van der Waals surface area (Å²) in [5.41, 5.74) is 2.39. The quantitative estimate of drug-likeness (QED) is 0.920. The van der Waals surface area contributed by atoms with E-state index in [1.807, 2.05) is 25.9 Å². The van der Waals surface area contributed by atoms with Crippen molar-refractivity contribution in [3.63, 3.8) is 0 Å². The lowest BCUT2D eigenvalue weighted by atomic mass is 10.1. The molecule has 1 aromatic carbocycles. The Kier molecular flexibility index (Phi) is 4.33. The first-order valence-electron chi connectivity index (χ1n) is 7.79. The number of rotatable bonds is 2. The number of hydrogen-bond donors (Lipinski definition) is 1. The van der Waals surface area contributed by atoms with Gasteiger partial charge in [0.1, 0.15) is 17.5 Å². The maximum Gasteiger partial charge on any atom is 0.322 e. The fourth-order valence-corrected chi connectivity index (χ4v) is 2.83. The molecule has 7 heteroatoms. The van der Waals surface area contributed by atoms with E-state index < -0.39 is 0 Å². The number of urea groups is 1. The van der Waals surface area contributed by atoms with Crippen molar-refractivity contribution in [2.75, 3.05) is 30.9 Å². The normalized spacial score (nSPS) is 13.4. The predicted octanol–water partition coefficient (Wildman–Crippen LogP) is 2.58. The third-order valence-electron chi connectivity index (χ3n) is 3.94. The highest BCUT2D eigenvalue weighted by Crippen LogP contribution is 2.26. The summed E-state index contributed by atoms with van der Waals surface area (Å²) in [5.74, 6) is 1.19. The van der Waals surface area contributed by atoms with Crippen molar-refractivity contribution < 1.29 is 9.18 Å². The van der Waals surface area contributed by atoms with Gasteiger partial charge in [0.05, 0.1) is 12.2 Å². The number of aryl methyl sites for hydroxylation is 1. The van der Waals surface area contributed by atoms with Gasteiger partial charge >= 0.3 is 6.03 Å². The summed E-state index contributed by atoms with van der Waals surface area (Å²) in [5, 5.41) is 2.74. The number of carbonyl (C=O) groups is 1. The van der Waals surface area contributed by atoms with E-state index in [0.717, 1.165) is 22.9 Å². The molecule has 126 valence electrons. The summed E-state index contributed by atoms with van der Waals surface area (Å²) >= 11 is 0. The van der Waals surface area contributed by atoms with Crippen LogP contribution in [0.25, 0.3) is 0 Å². The fraction of sp³-hybridized carbons (Fsp3) is 0.353. The molecule has 0 unspecified atom stereocenters. The Morgan fingerprint density at radius 2 is 2.12 bits per heavy atom. The molecular formula is C17H20FN5O. The van der Waals surface area contributed by atoms with Crippen molar-refractivity contribution in [2.45, 2.75) is 19.9 Å². The van der Waals surface area contributed by atoms with Crippen molar-refractivity contribution >= 4 is 17.5 Å². The van der Waals surface area contributed by atoms with E-state index in [1.165, 1.54) is 12.1 Å². The molecule has 0 bridgehead atoms. The van der Waals surface area contributed by atoms with Crippen LogP contribution in [0.4, 0.5) is 20.7 Å². The average Bonchev–Trinajstić information content (AvgIpc) is 2.53. The van der Waals surface area contributed by atoms with Gasteiger partial charge in [-0.3, -0.25) is 0 Å². The van der Waals surface area contributed by atoms with Crippen molar-refractivity contribution in [1.82, 2.24) is 14.9 Å². The lowest BCUT2D eigenvalue weighted by molar-refractivity contribution is 0.206. The number of fused-ring (bicyclic) bond motifs is 1. The number of benzene rings is 1. The van der Waals surface area contributed by atoms with Crippen LogP contribution >= 0.6 is 0 Å². The highest BCUT2D eigenvalue weighted by Gasteiger charge is 2.25. The van der Waals surface area contributed by atoms with Gasteiger partial charge in [-0.25, -0.2) is 19.2 Å². The van der Waals surface area contributed by atoms with E-state index in [4.69, 9.17) is 0 Å². The molecule has 0 fully saturated rings. The molecular weight excluding hydrogens is 309 g/mol. The Balaban J connectivity index is 1.80. The van der Waals surface area contributed by atoms with Gasteiger partial charge in [-0.15, -0.1) is 0 Å². The zero-order chi connectivity index (χ0) is 17.3. The van der Waals surface area contributed by atoms with Crippen LogP contribution in [0.3, 0.4) is 0 Å². The average molecular weight is 329 g/mol. The minimum atomic E-state index is -0.379. The van der Waals surface area contributed by atoms with Gasteiger partial charge in [0.25, 0.3) is 0 Å². The van der Waals surface area contributed by atoms with Crippen LogP contribution in [0.2, 0.25) is 0 Å². The van der Waals surface area contributed by atoms with Gasteiger partial charge in [0.15, 0.2) is 0 Å². The van der Waals surface area contributed by atoms with Crippen molar-refractivity contribution in [2.24, 2.45) is 0 Å². The molecule has 0 spiro atoms. The fourth-order valence-electron chi connectivity index (χ4n) is 2.83. The van der Waals surface area contributed by atoms with E-state index in [9.17, 15) is 9.18 Å². The second kappa shape index (κ2) is 6.43. The Bertz CT molecular complexity index is 778. The van der Waals surface area contributed by atoms with E-state index >= 15 is 0 Å². The highest BCUT2D eigenvalue weighted by atomic mass is 19.1. The Morgan fingerprint density at radius 3 is 2.83 bits per heavy atom. The maximum atomic E-state index is 13.2. The Labute approximate surface area is 140 Å². The second-order valence-electron chi connectivity index (χ2n) is 6.03. The zero-order valence-electron chi connectivity index (χ0n) is 14.0. The monoisotopic (exact) mass is 329 g/mol. The molecule has 2 heterocycles. The van der Waals surface area contributed by atoms with Gasteiger partial charge in [0, 0.05) is 38.3 Å². The van der Waals surface area contributed by atoms with Crippen LogP contribution in [0.5, 0.6) is 0 Å². The van der Waals surface area contributed by atoms with Crippen molar-refractivity contribution in [3.8, 4) is 0 Å². The number of halogens is 1. The lowest BCUT2D eigenvalue weighted by Gasteiger charge is -2.31. The molecule has 0 atom stereocenters. The molecule has 0 saturated heterocycles. The summed E-state index contributed by atoms with van der Waals surface area (Å²) in [7, 11) is 3.85. The number of amides is 2. The summed E-state index contributed by atoms with van der Waals surface area (Å²) in [6.07, 6.45) is 0.677. The SMILES string of the molecule is Cc1nc2c(c(N(C)C)n1)CN(C(=O)Nc1cccc(F)c1)CC2. The number of nitrogens with one attached hydrogen (secondary N) is 1. The minimum Gasteiger partial charge on any atom is -0.362 e. The predicted molar refractivity (Wildman–Crippen MR) is 90.6 cm³/mol.